The second-order valence-corrected chi connectivity index (χ2v) is 5.35. The largest absolute Gasteiger partial charge is 0.418 e. The van der Waals surface area contributed by atoms with E-state index >= 15 is 0 Å². The van der Waals surface area contributed by atoms with Crippen LogP contribution >= 0.6 is 0 Å². The van der Waals surface area contributed by atoms with Gasteiger partial charge in [-0.25, -0.2) is 0 Å². The lowest BCUT2D eigenvalue weighted by molar-refractivity contribution is -0.136. The van der Waals surface area contributed by atoms with Crippen molar-refractivity contribution >= 4 is 11.6 Å². The molecule has 1 aromatic rings. The minimum absolute atomic E-state index is 0.175. The minimum atomic E-state index is -4.58. The lowest BCUT2D eigenvalue weighted by atomic mass is 10.0. The summed E-state index contributed by atoms with van der Waals surface area (Å²) in [5, 5.41) is 2.59. The molecule has 1 aliphatic heterocycles. The van der Waals surface area contributed by atoms with E-state index in [-0.39, 0.29) is 12.1 Å². The molecule has 1 heterocycles. The van der Waals surface area contributed by atoms with Gasteiger partial charge in [-0.05, 0) is 31.9 Å². The molecule has 1 fully saturated rings. The first-order valence-corrected chi connectivity index (χ1v) is 6.61. The van der Waals surface area contributed by atoms with Gasteiger partial charge in [0.2, 0.25) is 0 Å². The Hall–Kier alpha value is -1.76. The van der Waals surface area contributed by atoms with E-state index in [1.54, 1.807) is 0 Å². The van der Waals surface area contributed by atoms with Crippen molar-refractivity contribution in [3.05, 3.63) is 29.3 Å². The molecule has 1 aliphatic rings. The van der Waals surface area contributed by atoms with E-state index in [9.17, 15) is 18.0 Å². The molecule has 0 saturated carbocycles. The van der Waals surface area contributed by atoms with Gasteiger partial charge in [0.05, 0.1) is 22.4 Å². The van der Waals surface area contributed by atoms with Gasteiger partial charge in [-0.2, -0.15) is 13.2 Å². The van der Waals surface area contributed by atoms with E-state index in [2.05, 4.69) is 5.32 Å². The summed E-state index contributed by atoms with van der Waals surface area (Å²) < 4.78 is 43.8. The molecule has 1 saturated heterocycles. The topological polar surface area (TPSA) is 64.4 Å². The molecule has 1 aromatic carbocycles. The van der Waals surface area contributed by atoms with E-state index in [0.717, 1.165) is 18.9 Å². The molecule has 0 aliphatic carbocycles. The number of ether oxygens (including phenoxy) is 1. The van der Waals surface area contributed by atoms with Gasteiger partial charge >= 0.3 is 6.18 Å². The van der Waals surface area contributed by atoms with E-state index in [4.69, 9.17) is 10.5 Å². The Morgan fingerprint density at radius 1 is 1.48 bits per heavy atom. The van der Waals surface area contributed by atoms with Crippen molar-refractivity contribution in [1.29, 1.82) is 0 Å². The number of halogens is 3. The number of anilines is 1. The predicted octanol–water partition coefficient (Wildman–Crippen LogP) is 2.59. The molecule has 1 amide bonds. The van der Waals surface area contributed by atoms with Gasteiger partial charge in [0.15, 0.2) is 0 Å². The highest BCUT2D eigenvalue weighted by molar-refractivity contribution is 5.99. The van der Waals surface area contributed by atoms with E-state index in [0.29, 0.717) is 6.61 Å². The first-order valence-electron chi connectivity index (χ1n) is 6.61. The summed E-state index contributed by atoms with van der Waals surface area (Å²) >= 11 is 0. The van der Waals surface area contributed by atoms with Gasteiger partial charge in [-0.3, -0.25) is 4.79 Å². The summed E-state index contributed by atoms with van der Waals surface area (Å²) in [5.41, 5.74) is 3.28. The number of nitrogens with two attached hydrogens (primary N) is 1. The minimum Gasteiger partial charge on any atom is -0.398 e. The molecule has 0 radical (unpaired) electrons. The predicted molar refractivity (Wildman–Crippen MR) is 71.8 cm³/mol. The Morgan fingerprint density at radius 3 is 2.76 bits per heavy atom. The smallest absolute Gasteiger partial charge is 0.398 e. The molecular weight excluding hydrogens is 285 g/mol. The van der Waals surface area contributed by atoms with Crippen LogP contribution in [-0.2, 0) is 10.9 Å². The summed E-state index contributed by atoms with van der Waals surface area (Å²) in [7, 11) is 0. The maximum atomic E-state index is 12.8. The number of hydrogen-bond donors (Lipinski definition) is 2. The fraction of sp³-hybridized carbons (Fsp3) is 0.500. The van der Waals surface area contributed by atoms with Gasteiger partial charge in [-0.1, -0.05) is 6.07 Å². The molecule has 1 unspecified atom stereocenters. The number of carbonyl (C=O) groups excluding carboxylic acids is 1. The second kappa shape index (κ2) is 5.55. The Morgan fingerprint density at radius 2 is 2.19 bits per heavy atom. The number of para-hydroxylation sites is 1. The van der Waals surface area contributed by atoms with Crippen LogP contribution in [0, 0.1) is 0 Å². The second-order valence-electron chi connectivity index (χ2n) is 5.35. The van der Waals surface area contributed by atoms with Crippen molar-refractivity contribution in [2.45, 2.75) is 31.5 Å². The molecule has 0 aromatic heterocycles. The number of carbonyl (C=O) groups is 1. The summed E-state index contributed by atoms with van der Waals surface area (Å²) in [4.78, 5) is 12.0. The van der Waals surface area contributed by atoms with Crippen molar-refractivity contribution in [2.24, 2.45) is 0 Å². The van der Waals surface area contributed by atoms with Crippen LogP contribution in [0.1, 0.15) is 35.7 Å². The average Bonchev–Trinajstić information content (AvgIpc) is 2.82. The van der Waals surface area contributed by atoms with Crippen molar-refractivity contribution in [2.75, 3.05) is 18.9 Å². The van der Waals surface area contributed by atoms with Crippen LogP contribution < -0.4 is 11.1 Å². The van der Waals surface area contributed by atoms with Crippen LogP contribution in [-0.4, -0.2) is 24.7 Å². The summed E-state index contributed by atoms with van der Waals surface area (Å²) in [6, 6.07) is 3.30. The number of nitrogen functional groups attached to an aromatic ring is 1. The molecule has 1 atom stereocenters. The molecule has 0 bridgehead atoms. The third-order valence-electron chi connectivity index (χ3n) is 3.58. The number of rotatable bonds is 3. The maximum absolute atomic E-state index is 12.8. The van der Waals surface area contributed by atoms with E-state index in [1.165, 1.54) is 12.1 Å². The molecule has 3 N–H and O–H groups in total. The Labute approximate surface area is 120 Å². The van der Waals surface area contributed by atoms with Crippen LogP contribution in [0.4, 0.5) is 18.9 Å². The Balaban J connectivity index is 2.13. The van der Waals surface area contributed by atoms with E-state index in [1.807, 2.05) is 6.92 Å². The van der Waals surface area contributed by atoms with Gasteiger partial charge in [0, 0.05) is 13.2 Å². The van der Waals surface area contributed by atoms with E-state index < -0.39 is 28.9 Å². The third-order valence-corrected chi connectivity index (χ3v) is 3.58. The van der Waals surface area contributed by atoms with Crippen LogP contribution in [0.5, 0.6) is 0 Å². The zero-order valence-corrected chi connectivity index (χ0v) is 11.6. The summed E-state index contributed by atoms with van der Waals surface area (Å²) in [6.07, 6.45) is -2.88. The monoisotopic (exact) mass is 302 g/mol. The SMILES string of the molecule is CC1(CNC(=O)c2cccc(C(F)(F)F)c2N)CCCO1. The quantitative estimate of drug-likeness (QED) is 0.844. The highest BCUT2D eigenvalue weighted by Crippen LogP contribution is 2.35. The first kappa shape index (κ1) is 15.6. The molecule has 116 valence electrons. The molecular formula is C14H17F3N2O2. The number of alkyl halides is 3. The normalized spacial score (nSPS) is 22.3. The summed E-state index contributed by atoms with van der Waals surface area (Å²) in [5.74, 6) is -0.629. The van der Waals surface area contributed by atoms with Gasteiger partial charge in [-0.15, -0.1) is 0 Å². The Kier molecular flexibility index (Phi) is 4.13. The fourth-order valence-corrected chi connectivity index (χ4v) is 2.35. The number of nitrogens with one attached hydrogen (secondary N) is 1. The molecule has 0 spiro atoms. The highest BCUT2D eigenvalue weighted by atomic mass is 19.4. The average molecular weight is 302 g/mol. The number of hydrogen-bond acceptors (Lipinski definition) is 3. The lowest BCUT2D eigenvalue weighted by Gasteiger charge is -2.23. The number of benzene rings is 1. The fourth-order valence-electron chi connectivity index (χ4n) is 2.35. The molecule has 21 heavy (non-hydrogen) atoms. The standard InChI is InChI=1S/C14H17F3N2O2/c1-13(6-3-7-21-13)8-19-12(20)9-4-2-5-10(11(9)18)14(15,16)17/h2,4-5H,3,6-8,18H2,1H3,(H,19,20). The summed E-state index contributed by atoms with van der Waals surface area (Å²) in [6.45, 7) is 2.72. The maximum Gasteiger partial charge on any atom is 0.418 e. The third kappa shape index (κ3) is 3.47. The number of amides is 1. The van der Waals surface area contributed by atoms with Gasteiger partial charge in [0.25, 0.3) is 5.91 Å². The lowest BCUT2D eigenvalue weighted by Crippen LogP contribution is -2.40. The van der Waals surface area contributed by atoms with Crippen molar-refractivity contribution < 1.29 is 22.7 Å². The van der Waals surface area contributed by atoms with Gasteiger partial charge < -0.3 is 15.8 Å². The van der Waals surface area contributed by atoms with Crippen LogP contribution in [0.15, 0.2) is 18.2 Å². The first-order chi connectivity index (χ1) is 9.73. The zero-order valence-electron chi connectivity index (χ0n) is 11.6. The van der Waals surface area contributed by atoms with Crippen molar-refractivity contribution in [1.82, 2.24) is 5.32 Å². The molecule has 7 heteroatoms. The Bertz CT molecular complexity index is 538. The highest BCUT2D eigenvalue weighted by Gasteiger charge is 2.35. The molecule has 2 rings (SSSR count). The van der Waals surface area contributed by atoms with Gasteiger partial charge in [0.1, 0.15) is 0 Å². The van der Waals surface area contributed by atoms with Crippen LogP contribution in [0.3, 0.4) is 0 Å². The van der Waals surface area contributed by atoms with Crippen molar-refractivity contribution in [3.63, 3.8) is 0 Å². The van der Waals surface area contributed by atoms with Crippen LogP contribution in [0.25, 0.3) is 0 Å². The molecule has 4 nitrogen and oxygen atoms in total. The zero-order chi connectivity index (χ0) is 15.7. The van der Waals surface area contributed by atoms with Crippen molar-refractivity contribution in [3.8, 4) is 0 Å². The van der Waals surface area contributed by atoms with Crippen LogP contribution in [0.2, 0.25) is 0 Å².